The molecule has 1 amide bonds. The quantitative estimate of drug-likeness (QED) is 0.531. The van der Waals surface area contributed by atoms with E-state index in [1.807, 2.05) is 21.6 Å². The number of halogens is 1. The summed E-state index contributed by atoms with van der Waals surface area (Å²) in [7, 11) is 0. The maximum Gasteiger partial charge on any atom is 0.240 e. The van der Waals surface area contributed by atoms with Gasteiger partial charge in [0.2, 0.25) is 11.9 Å². The van der Waals surface area contributed by atoms with Crippen molar-refractivity contribution in [2.24, 2.45) is 0 Å². The van der Waals surface area contributed by atoms with Gasteiger partial charge in [0.15, 0.2) is 11.5 Å². The molecule has 3 N–H and O–H groups in total. The summed E-state index contributed by atoms with van der Waals surface area (Å²) < 4.78 is 7.43. The summed E-state index contributed by atoms with van der Waals surface area (Å²) in [6.45, 7) is 6.26. The van der Waals surface area contributed by atoms with Crippen LogP contribution in [0.15, 0.2) is 30.6 Å². The number of rotatable bonds is 5. The number of carbonyl (C=O) groups is 1. The number of ether oxygens (including phenoxy) is 1. The zero-order chi connectivity index (χ0) is 23.7. The second-order valence-electron chi connectivity index (χ2n) is 8.72. The highest BCUT2D eigenvalue weighted by molar-refractivity contribution is 6.30. The first-order chi connectivity index (χ1) is 16.5. The Kier molecular flexibility index (Phi) is 6.42. The number of fused-ring (bicyclic) bond motifs is 1. The number of benzene rings is 1. The molecule has 2 fully saturated rings. The molecule has 0 spiro atoms. The van der Waals surface area contributed by atoms with Crippen LogP contribution in [0.25, 0.3) is 11.2 Å². The zero-order valence-corrected chi connectivity index (χ0v) is 19.9. The molecule has 0 saturated carbocycles. The molecule has 2 aliphatic heterocycles. The van der Waals surface area contributed by atoms with Gasteiger partial charge in [0.1, 0.15) is 10.9 Å². The van der Waals surface area contributed by atoms with Gasteiger partial charge in [0, 0.05) is 37.6 Å². The number of piperidine rings is 1. The highest BCUT2D eigenvalue weighted by Crippen LogP contribution is 2.28. The summed E-state index contributed by atoms with van der Waals surface area (Å²) in [5, 5.41) is 2.72. The van der Waals surface area contributed by atoms with Crippen molar-refractivity contribution in [1.29, 1.82) is 0 Å². The van der Waals surface area contributed by atoms with Crippen LogP contribution in [-0.4, -0.2) is 75.1 Å². The maximum absolute atomic E-state index is 12.4. The Labute approximate surface area is 203 Å². The Bertz CT molecular complexity index is 1160. The highest BCUT2D eigenvalue weighted by atomic mass is 35.5. The van der Waals surface area contributed by atoms with Crippen molar-refractivity contribution < 1.29 is 9.53 Å². The van der Waals surface area contributed by atoms with Gasteiger partial charge in [0.05, 0.1) is 25.6 Å². The molecule has 0 radical (unpaired) electrons. The number of nitrogens with two attached hydrogens (primary N) is 1. The average molecular weight is 485 g/mol. The van der Waals surface area contributed by atoms with E-state index < -0.39 is 5.38 Å². The number of anilines is 4. The number of hydrogen-bond donors (Lipinski definition) is 2. The van der Waals surface area contributed by atoms with E-state index in [1.165, 1.54) is 0 Å². The van der Waals surface area contributed by atoms with Crippen molar-refractivity contribution in [3.8, 4) is 0 Å². The van der Waals surface area contributed by atoms with Crippen LogP contribution in [0.1, 0.15) is 25.8 Å². The fourth-order valence-corrected chi connectivity index (χ4v) is 4.74. The monoisotopic (exact) mass is 484 g/mol. The summed E-state index contributed by atoms with van der Waals surface area (Å²) in [5.41, 5.74) is 9.46. The van der Waals surface area contributed by atoms with Gasteiger partial charge in [-0.2, -0.15) is 9.97 Å². The van der Waals surface area contributed by atoms with E-state index in [4.69, 9.17) is 27.1 Å². The van der Waals surface area contributed by atoms with E-state index in [0.717, 1.165) is 50.5 Å². The van der Waals surface area contributed by atoms with Crippen LogP contribution >= 0.6 is 11.6 Å². The minimum atomic E-state index is -0.540. The highest BCUT2D eigenvalue weighted by Gasteiger charge is 2.28. The van der Waals surface area contributed by atoms with Gasteiger partial charge in [-0.3, -0.25) is 4.79 Å². The summed E-state index contributed by atoms with van der Waals surface area (Å²) in [4.78, 5) is 30.1. The second-order valence-corrected chi connectivity index (χ2v) is 9.38. The average Bonchev–Trinajstić information content (AvgIpc) is 3.29. The predicted molar refractivity (Wildman–Crippen MR) is 133 cm³/mol. The lowest BCUT2D eigenvalue weighted by Gasteiger charge is -2.34. The third-order valence-corrected chi connectivity index (χ3v) is 6.58. The van der Waals surface area contributed by atoms with Crippen molar-refractivity contribution in [2.75, 3.05) is 55.3 Å². The lowest BCUT2D eigenvalue weighted by atomic mass is 10.1. The first-order valence-electron chi connectivity index (χ1n) is 11.6. The molecule has 180 valence electrons. The topological polar surface area (TPSA) is 114 Å². The van der Waals surface area contributed by atoms with Crippen molar-refractivity contribution in [3.63, 3.8) is 0 Å². The number of morpholine rings is 1. The van der Waals surface area contributed by atoms with Gasteiger partial charge in [-0.1, -0.05) is 0 Å². The summed E-state index contributed by atoms with van der Waals surface area (Å²) in [6.07, 6.45) is 3.54. The Morgan fingerprint density at radius 3 is 2.71 bits per heavy atom. The van der Waals surface area contributed by atoms with E-state index in [-0.39, 0.29) is 11.9 Å². The molecule has 2 aliphatic rings. The lowest BCUT2D eigenvalue weighted by Crippen LogP contribution is -2.43. The SMILES string of the molecule is CC(Cl)C(=O)N1CCC[C@H](n2cnc3c(N)nc(Nc4ccc(N5CCOCC5)cc4)nc32)C1. The van der Waals surface area contributed by atoms with Crippen LogP contribution in [-0.2, 0) is 9.53 Å². The van der Waals surface area contributed by atoms with E-state index in [1.54, 1.807) is 13.3 Å². The number of hydrogen-bond acceptors (Lipinski definition) is 8. The van der Waals surface area contributed by atoms with Gasteiger partial charge in [-0.25, -0.2) is 4.98 Å². The third kappa shape index (κ3) is 4.60. The fourth-order valence-electron chi connectivity index (χ4n) is 4.60. The number of nitrogens with one attached hydrogen (secondary N) is 1. The fraction of sp³-hybridized carbons (Fsp3) is 0.478. The molecule has 2 atom stereocenters. The number of imidazole rings is 1. The normalized spacial score (nSPS) is 19.9. The largest absolute Gasteiger partial charge is 0.382 e. The number of likely N-dealkylation sites (tertiary alicyclic amines) is 1. The third-order valence-electron chi connectivity index (χ3n) is 6.39. The summed E-state index contributed by atoms with van der Waals surface area (Å²) in [5.74, 6) is 0.672. The van der Waals surface area contributed by atoms with Crippen molar-refractivity contribution >= 4 is 51.8 Å². The molecule has 3 aromatic rings. The molecule has 0 bridgehead atoms. The zero-order valence-electron chi connectivity index (χ0n) is 19.2. The molecule has 2 aromatic heterocycles. The van der Waals surface area contributed by atoms with Crippen LogP contribution in [0.4, 0.5) is 23.1 Å². The molecule has 11 heteroatoms. The minimum absolute atomic E-state index is 0.0483. The number of amides is 1. The van der Waals surface area contributed by atoms with Gasteiger partial charge >= 0.3 is 0 Å². The Balaban J connectivity index is 1.36. The first kappa shape index (κ1) is 22.7. The van der Waals surface area contributed by atoms with Gasteiger partial charge in [0.25, 0.3) is 0 Å². The molecule has 0 aliphatic carbocycles. The number of nitrogen functional groups attached to an aromatic ring is 1. The van der Waals surface area contributed by atoms with E-state index in [0.29, 0.717) is 36.0 Å². The van der Waals surface area contributed by atoms with Gasteiger partial charge < -0.3 is 30.2 Å². The lowest BCUT2D eigenvalue weighted by molar-refractivity contribution is -0.132. The van der Waals surface area contributed by atoms with Crippen molar-refractivity contribution in [3.05, 3.63) is 30.6 Å². The van der Waals surface area contributed by atoms with Crippen LogP contribution in [0.2, 0.25) is 0 Å². The molecule has 1 aromatic carbocycles. The first-order valence-corrected chi connectivity index (χ1v) is 12.1. The Hall–Kier alpha value is -3.11. The van der Waals surface area contributed by atoms with Crippen LogP contribution in [0.3, 0.4) is 0 Å². The maximum atomic E-state index is 12.4. The van der Waals surface area contributed by atoms with Crippen LogP contribution in [0, 0.1) is 0 Å². The molecule has 1 unspecified atom stereocenters. The van der Waals surface area contributed by atoms with Crippen molar-refractivity contribution in [2.45, 2.75) is 31.2 Å². The van der Waals surface area contributed by atoms with Crippen molar-refractivity contribution in [1.82, 2.24) is 24.4 Å². The molecule has 2 saturated heterocycles. The van der Waals surface area contributed by atoms with Gasteiger partial charge in [-0.05, 0) is 44.0 Å². The van der Waals surface area contributed by atoms with Gasteiger partial charge in [-0.15, -0.1) is 11.6 Å². The van der Waals surface area contributed by atoms with E-state index in [2.05, 4.69) is 32.3 Å². The van der Waals surface area contributed by atoms with Crippen LogP contribution in [0.5, 0.6) is 0 Å². The molecular formula is C23H29ClN8O2. The smallest absolute Gasteiger partial charge is 0.240 e. The molecule has 10 nitrogen and oxygen atoms in total. The predicted octanol–water partition coefficient (Wildman–Crippen LogP) is 2.78. The van der Waals surface area contributed by atoms with E-state index in [9.17, 15) is 4.79 Å². The van der Waals surface area contributed by atoms with Crippen LogP contribution < -0.4 is 16.0 Å². The molecular weight excluding hydrogens is 456 g/mol. The number of aromatic nitrogens is 4. The molecule has 4 heterocycles. The standard InChI is InChI=1S/C23H29ClN8O2/c1-15(24)22(33)31-8-2-3-18(13-31)32-14-26-19-20(25)28-23(29-21(19)32)27-16-4-6-17(7-5-16)30-9-11-34-12-10-30/h4-7,14-15,18H,2-3,8-13H2,1H3,(H3,25,27,28,29)/t15?,18-/m0/s1. The molecule has 5 rings (SSSR count). The summed E-state index contributed by atoms with van der Waals surface area (Å²) in [6, 6.07) is 8.21. The number of nitrogens with zero attached hydrogens (tertiary/aromatic N) is 6. The number of alkyl halides is 1. The number of carbonyl (C=O) groups excluding carboxylic acids is 1. The summed E-state index contributed by atoms with van der Waals surface area (Å²) >= 11 is 6.04. The van der Waals surface area contributed by atoms with E-state index >= 15 is 0 Å². The molecule has 34 heavy (non-hydrogen) atoms. The Morgan fingerprint density at radius 2 is 1.97 bits per heavy atom. The Morgan fingerprint density at radius 1 is 1.21 bits per heavy atom. The minimum Gasteiger partial charge on any atom is -0.382 e. The second kappa shape index (κ2) is 9.63.